The Kier molecular flexibility index (Phi) is 6.03. The lowest BCUT2D eigenvalue weighted by molar-refractivity contribution is 0.146. The van der Waals surface area contributed by atoms with Gasteiger partial charge in [0.2, 0.25) is 0 Å². The first-order valence-corrected chi connectivity index (χ1v) is 6.36. The molecule has 0 saturated carbocycles. The number of hydrogen-bond acceptors (Lipinski definition) is 3. The van der Waals surface area contributed by atoms with Gasteiger partial charge in [-0.15, -0.1) is 0 Å². The monoisotopic (exact) mass is 216 g/mol. The van der Waals surface area contributed by atoms with Crippen LogP contribution in [-0.2, 0) is 4.74 Å². The van der Waals surface area contributed by atoms with Crippen molar-refractivity contribution in [2.24, 2.45) is 4.99 Å². The average Bonchev–Trinajstić information content (AvgIpc) is 2.65. The molecule has 1 N–H and O–H groups in total. The van der Waals surface area contributed by atoms with Gasteiger partial charge in [-0.3, -0.25) is 4.99 Å². The standard InChI is InChI=1S/C10H20N2OS/c1-3-9-8-14-10(12-9)11-6-5-7-13-4-2/h9H,3-8H2,1-2H3,(H,11,12)/t9-/m0/s1. The van der Waals surface area contributed by atoms with Gasteiger partial charge < -0.3 is 10.1 Å². The summed E-state index contributed by atoms with van der Waals surface area (Å²) in [5.74, 6) is 1.17. The summed E-state index contributed by atoms with van der Waals surface area (Å²) in [5, 5.41) is 4.52. The van der Waals surface area contributed by atoms with Crippen LogP contribution in [-0.4, -0.2) is 36.7 Å². The highest BCUT2D eigenvalue weighted by Crippen LogP contribution is 2.15. The fraction of sp³-hybridized carbons (Fsp3) is 0.900. The van der Waals surface area contributed by atoms with E-state index in [1.54, 1.807) is 0 Å². The lowest BCUT2D eigenvalue weighted by Crippen LogP contribution is -2.25. The molecule has 1 fully saturated rings. The summed E-state index contributed by atoms with van der Waals surface area (Å²) in [6.07, 6.45) is 2.21. The molecule has 1 aliphatic rings. The number of hydrogen-bond donors (Lipinski definition) is 1. The van der Waals surface area contributed by atoms with Gasteiger partial charge in [0.1, 0.15) is 0 Å². The Bertz CT molecular complexity index is 185. The van der Waals surface area contributed by atoms with Gasteiger partial charge in [0.15, 0.2) is 5.17 Å². The van der Waals surface area contributed by atoms with Crippen LogP contribution in [0.2, 0.25) is 0 Å². The van der Waals surface area contributed by atoms with E-state index in [1.807, 2.05) is 18.7 Å². The minimum Gasteiger partial charge on any atom is -0.382 e. The second-order valence-electron chi connectivity index (χ2n) is 3.30. The van der Waals surface area contributed by atoms with E-state index in [0.717, 1.165) is 31.3 Å². The van der Waals surface area contributed by atoms with E-state index < -0.39 is 0 Å². The molecule has 1 atom stereocenters. The van der Waals surface area contributed by atoms with Gasteiger partial charge in [-0.05, 0) is 19.8 Å². The molecule has 0 aromatic heterocycles. The van der Waals surface area contributed by atoms with Crippen molar-refractivity contribution in [2.75, 3.05) is 25.5 Å². The van der Waals surface area contributed by atoms with Crippen molar-refractivity contribution >= 4 is 16.9 Å². The fourth-order valence-corrected chi connectivity index (χ4v) is 2.35. The quantitative estimate of drug-likeness (QED) is 0.688. The van der Waals surface area contributed by atoms with E-state index in [4.69, 9.17) is 4.74 Å². The summed E-state index contributed by atoms with van der Waals surface area (Å²) in [4.78, 5) is 4.48. The van der Waals surface area contributed by atoms with E-state index in [9.17, 15) is 0 Å². The van der Waals surface area contributed by atoms with Crippen LogP contribution in [0.4, 0.5) is 0 Å². The molecule has 0 aromatic rings. The van der Waals surface area contributed by atoms with Crippen molar-refractivity contribution in [2.45, 2.75) is 32.7 Å². The van der Waals surface area contributed by atoms with Crippen LogP contribution in [0.5, 0.6) is 0 Å². The predicted molar refractivity (Wildman–Crippen MR) is 63.1 cm³/mol. The highest BCUT2D eigenvalue weighted by atomic mass is 32.2. The Hall–Kier alpha value is -0.220. The minimum absolute atomic E-state index is 0.630. The molecule has 3 nitrogen and oxygen atoms in total. The molecule has 82 valence electrons. The Morgan fingerprint density at radius 3 is 3.07 bits per heavy atom. The summed E-state index contributed by atoms with van der Waals surface area (Å²) >= 11 is 1.84. The van der Waals surface area contributed by atoms with Crippen LogP contribution in [0.1, 0.15) is 26.7 Å². The Morgan fingerprint density at radius 2 is 2.43 bits per heavy atom. The summed E-state index contributed by atoms with van der Waals surface area (Å²) < 4.78 is 5.24. The second-order valence-corrected chi connectivity index (χ2v) is 4.31. The molecule has 4 heteroatoms. The highest BCUT2D eigenvalue weighted by molar-refractivity contribution is 8.14. The van der Waals surface area contributed by atoms with Gasteiger partial charge in [-0.2, -0.15) is 0 Å². The first-order valence-electron chi connectivity index (χ1n) is 5.38. The third kappa shape index (κ3) is 4.33. The number of nitrogens with zero attached hydrogens (tertiary/aromatic N) is 1. The molecule has 1 saturated heterocycles. The maximum absolute atomic E-state index is 5.24. The molecule has 0 spiro atoms. The molecular weight excluding hydrogens is 196 g/mol. The largest absolute Gasteiger partial charge is 0.382 e. The molecule has 0 aliphatic carbocycles. The van der Waals surface area contributed by atoms with Crippen LogP contribution < -0.4 is 5.32 Å². The summed E-state index contributed by atoms with van der Waals surface area (Å²) in [7, 11) is 0. The first kappa shape index (κ1) is 11.9. The Morgan fingerprint density at radius 1 is 1.57 bits per heavy atom. The average molecular weight is 216 g/mol. The molecule has 0 aromatic carbocycles. The number of amidine groups is 1. The summed E-state index contributed by atoms with van der Waals surface area (Å²) in [5.41, 5.74) is 0. The van der Waals surface area contributed by atoms with E-state index in [-0.39, 0.29) is 0 Å². The zero-order chi connectivity index (χ0) is 10.2. The first-order chi connectivity index (χ1) is 6.86. The molecule has 0 radical (unpaired) electrons. The van der Waals surface area contributed by atoms with Crippen molar-refractivity contribution in [3.63, 3.8) is 0 Å². The van der Waals surface area contributed by atoms with E-state index in [2.05, 4.69) is 17.2 Å². The zero-order valence-corrected chi connectivity index (χ0v) is 9.90. The van der Waals surface area contributed by atoms with Gasteiger partial charge in [0, 0.05) is 31.6 Å². The Labute approximate surface area is 90.7 Å². The molecule has 0 unspecified atom stereocenters. The van der Waals surface area contributed by atoms with Gasteiger partial charge in [-0.25, -0.2) is 0 Å². The molecule has 1 aliphatic heterocycles. The van der Waals surface area contributed by atoms with Crippen LogP contribution in [0.25, 0.3) is 0 Å². The number of thioether (sulfide) groups is 1. The zero-order valence-electron chi connectivity index (χ0n) is 9.08. The molecule has 14 heavy (non-hydrogen) atoms. The summed E-state index contributed by atoms with van der Waals surface area (Å²) in [6.45, 7) is 6.74. The topological polar surface area (TPSA) is 33.6 Å². The van der Waals surface area contributed by atoms with Crippen LogP contribution in [0.3, 0.4) is 0 Å². The smallest absolute Gasteiger partial charge is 0.156 e. The van der Waals surface area contributed by atoms with Gasteiger partial charge >= 0.3 is 0 Å². The number of nitrogens with one attached hydrogen (secondary N) is 1. The van der Waals surface area contributed by atoms with Crippen LogP contribution >= 0.6 is 11.8 Å². The van der Waals surface area contributed by atoms with E-state index in [0.29, 0.717) is 6.04 Å². The van der Waals surface area contributed by atoms with Gasteiger partial charge in [-0.1, -0.05) is 18.7 Å². The lowest BCUT2D eigenvalue weighted by Gasteiger charge is -2.04. The van der Waals surface area contributed by atoms with Crippen molar-refractivity contribution in [1.82, 2.24) is 5.32 Å². The Balaban J connectivity index is 2.07. The maximum atomic E-state index is 5.24. The maximum Gasteiger partial charge on any atom is 0.156 e. The third-order valence-corrected chi connectivity index (χ3v) is 3.24. The fourth-order valence-electron chi connectivity index (χ4n) is 1.24. The van der Waals surface area contributed by atoms with Gasteiger partial charge in [0.25, 0.3) is 0 Å². The molecule has 0 bridgehead atoms. The van der Waals surface area contributed by atoms with Crippen LogP contribution in [0, 0.1) is 0 Å². The molecule has 1 heterocycles. The predicted octanol–water partition coefficient (Wildman–Crippen LogP) is 1.88. The molecule has 1 rings (SSSR count). The van der Waals surface area contributed by atoms with Crippen molar-refractivity contribution in [3.8, 4) is 0 Å². The van der Waals surface area contributed by atoms with E-state index in [1.165, 1.54) is 12.2 Å². The van der Waals surface area contributed by atoms with Gasteiger partial charge in [0.05, 0.1) is 0 Å². The third-order valence-electron chi connectivity index (χ3n) is 2.15. The number of rotatable bonds is 6. The lowest BCUT2D eigenvalue weighted by atomic mass is 10.3. The number of ether oxygens (including phenoxy) is 1. The van der Waals surface area contributed by atoms with Crippen molar-refractivity contribution in [3.05, 3.63) is 0 Å². The molecular formula is C10H20N2OS. The second kappa shape index (κ2) is 7.12. The normalized spacial score (nSPS) is 24.1. The van der Waals surface area contributed by atoms with E-state index >= 15 is 0 Å². The van der Waals surface area contributed by atoms with Crippen LogP contribution in [0.15, 0.2) is 4.99 Å². The number of aliphatic imine (C=N–C) groups is 1. The molecule has 0 amide bonds. The SMILES string of the molecule is CCOCCCN=C1N[C@@H](CC)CS1. The van der Waals surface area contributed by atoms with Crippen molar-refractivity contribution in [1.29, 1.82) is 0 Å². The minimum atomic E-state index is 0.630. The highest BCUT2D eigenvalue weighted by Gasteiger charge is 2.17. The summed E-state index contributed by atoms with van der Waals surface area (Å²) in [6, 6.07) is 0.630. The van der Waals surface area contributed by atoms with Crippen molar-refractivity contribution < 1.29 is 4.74 Å².